The van der Waals surface area contributed by atoms with Crippen molar-refractivity contribution in [2.24, 2.45) is 4.99 Å². The Bertz CT molecular complexity index is 1320. The van der Waals surface area contributed by atoms with Gasteiger partial charge in [0.25, 0.3) is 5.91 Å². The Kier molecular flexibility index (Phi) is 7.05. The molecule has 6 nitrogen and oxygen atoms in total. The number of carbonyl (C=O) groups is 2. The number of halogens is 1. The summed E-state index contributed by atoms with van der Waals surface area (Å²) in [6.45, 7) is 2.44. The SMILES string of the molecule is Cc1cccc(COc2ccc(/C=C3\SC(=Nc4ccc(C(=O)O)cc4)N(C)C3=O)cc2Cl)c1. The van der Waals surface area contributed by atoms with Gasteiger partial charge in [-0.2, -0.15) is 0 Å². The number of likely N-dealkylation sites (N-methyl/N-ethyl adjacent to an activating group) is 1. The number of carbonyl (C=O) groups excluding carboxylic acids is 1. The lowest BCUT2D eigenvalue weighted by molar-refractivity contribution is -0.121. The molecule has 1 N–H and O–H groups in total. The summed E-state index contributed by atoms with van der Waals surface area (Å²) in [4.78, 5) is 30.2. The van der Waals surface area contributed by atoms with Gasteiger partial charge in [0.1, 0.15) is 12.4 Å². The van der Waals surface area contributed by atoms with E-state index in [-0.39, 0.29) is 11.5 Å². The summed E-state index contributed by atoms with van der Waals surface area (Å²) in [5.41, 5.74) is 3.73. The Labute approximate surface area is 206 Å². The van der Waals surface area contributed by atoms with Crippen molar-refractivity contribution in [2.75, 3.05) is 7.05 Å². The molecule has 0 saturated carbocycles. The van der Waals surface area contributed by atoms with Crippen molar-refractivity contribution >= 4 is 52.2 Å². The Morgan fingerprint density at radius 1 is 1.15 bits per heavy atom. The lowest BCUT2D eigenvalue weighted by atomic mass is 10.1. The summed E-state index contributed by atoms with van der Waals surface area (Å²) in [7, 11) is 1.65. The molecule has 0 bridgehead atoms. The van der Waals surface area contributed by atoms with Crippen molar-refractivity contribution in [1.29, 1.82) is 0 Å². The highest BCUT2D eigenvalue weighted by Gasteiger charge is 2.30. The van der Waals surface area contributed by atoms with Crippen LogP contribution in [0.1, 0.15) is 27.0 Å². The maximum Gasteiger partial charge on any atom is 0.335 e. The fourth-order valence-electron chi connectivity index (χ4n) is 3.28. The van der Waals surface area contributed by atoms with Gasteiger partial charge in [-0.1, -0.05) is 47.5 Å². The predicted octanol–water partition coefficient (Wildman–Crippen LogP) is 6.16. The number of thioether (sulfide) groups is 1. The second-order valence-corrected chi connectivity index (χ2v) is 9.11. The third-order valence-electron chi connectivity index (χ3n) is 5.07. The van der Waals surface area contributed by atoms with Crippen LogP contribution in [0.25, 0.3) is 6.08 Å². The molecule has 3 aromatic rings. The number of aryl methyl sites for hydroxylation is 1. The lowest BCUT2D eigenvalue weighted by Crippen LogP contribution is -2.23. The maximum atomic E-state index is 12.7. The van der Waals surface area contributed by atoms with Crippen LogP contribution in [0.15, 0.2) is 76.6 Å². The van der Waals surface area contributed by atoms with Crippen LogP contribution in [-0.2, 0) is 11.4 Å². The summed E-state index contributed by atoms with van der Waals surface area (Å²) >= 11 is 7.67. The molecule has 4 rings (SSSR count). The number of aliphatic imine (C=N–C) groups is 1. The molecule has 1 saturated heterocycles. The van der Waals surface area contributed by atoms with E-state index >= 15 is 0 Å². The lowest BCUT2D eigenvalue weighted by Gasteiger charge is -2.09. The minimum Gasteiger partial charge on any atom is -0.487 e. The second kappa shape index (κ2) is 10.2. The molecule has 1 heterocycles. The van der Waals surface area contributed by atoms with Crippen LogP contribution in [0, 0.1) is 6.92 Å². The number of carboxylic acids is 1. The fourth-order valence-corrected chi connectivity index (χ4v) is 4.51. The molecule has 1 aliphatic heterocycles. The number of amides is 1. The average Bonchev–Trinajstić information content (AvgIpc) is 3.06. The van der Waals surface area contributed by atoms with Crippen LogP contribution < -0.4 is 4.74 Å². The van der Waals surface area contributed by atoms with Gasteiger partial charge in [0.2, 0.25) is 0 Å². The van der Waals surface area contributed by atoms with Gasteiger partial charge >= 0.3 is 5.97 Å². The van der Waals surface area contributed by atoms with Crippen molar-refractivity contribution in [3.8, 4) is 5.75 Å². The summed E-state index contributed by atoms with van der Waals surface area (Å²) in [6.07, 6.45) is 1.76. The van der Waals surface area contributed by atoms with Gasteiger partial charge in [-0.15, -0.1) is 0 Å². The van der Waals surface area contributed by atoms with E-state index in [0.29, 0.717) is 33.1 Å². The Morgan fingerprint density at radius 2 is 1.91 bits per heavy atom. The number of ether oxygens (including phenoxy) is 1. The van der Waals surface area contributed by atoms with Gasteiger partial charge in [0.15, 0.2) is 5.17 Å². The quantitative estimate of drug-likeness (QED) is 0.417. The highest BCUT2D eigenvalue weighted by molar-refractivity contribution is 8.18. The van der Waals surface area contributed by atoms with Gasteiger partial charge in [-0.05, 0) is 72.3 Å². The van der Waals surface area contributed by atoms with Gasteiger partial charge in [-0.3, -0.25) is 9.69 Å². The average molecular weight is 493 g/mol. The molecule has 0 radical (unpaired) electrons. The van der Waals surface area contributed by atoms with E-state index in [1.54, 1.807) is 37.4 Å². The minimum absolute atomic E-state index is 0.177. The Balaban J connectivity index is 1.48. The number of hydrogen-bond acceptors (Lipinski definition) is 5. The van der Waals surface area contributed by atoms with E-state index in [2.05, 4.69) is 11.1 Å². The Morgan fingerprint density at radius 3 is 2.59 bits per heavy atom. The zero-order chi connectivity index (χ0) is 24.2. The van der Waals surface area contributed by atoms with Crippen LogP contribution in [-0.4, -0.2) is 34.1 Å². The number of nitrogens with zero attached hydrogens (tertiary/aromatic N) is 2. The number of rotatable bonds is 6. The van der Waals surface area contributed by atoms with Gasteiger partial charge < -0.3 is 9.84 Å². The molecule has 0 spiro atoms. The first-order valence-corrected chi connectivity index (χ1v) is 11.6. The largest absolute Gasteiger partial charge is 0.487 e. The van der Waals surface area contributed by atoms with Gasteiger partial charge in [-0.25, -0.2) is 9.79 Å². The van der Waals surface area contributed by atoms with Crippen LogP contribution in [0.4, 0.5) is 5.69 Å². The van der Waals surface area contributed by atoms with Gasteiger partial charge in [0, 0.05) is 7.05 Å². The van der Waals surface area contributed by atoms with Crippen molar-refractivity contribution in [3.05, 3.63) is 98.9 Å². The third kappa shape index (κ3) is 5.50. The molecular weight excluding hydrogens is 472 g/mol. The molecule has 1 aliphatic rings. The van der Waals surface area contributed by atoms with E-state index in [0.717, 1.165) is 16.7 Å². The summed E-state index contributed by atoms with van der Waals surface area (Å²) in [5, 5.41) is 9.98. The third-order valence-corrected chi connectivity index (χ3v) is 6.43. The zero-order valence-electron chi connectivity index (χ0n) is 18.5. The van der Waals surface area contributed by atoms with Crippen LogP contribution in [0.3, 0.4) is 0 Å². The Hall–Kier alpha value is -3.55. The summed E-state index contributed by atoms with van der Waals surface area (Å²) < 4.78 is 5.86. The van der Waals surface area contributed by atoms with Crippen LogP contribution in [0.5, 0.6) is 5.75 Å². The van der Waals surface area contributed by atoms with Gasteiger partial charge in [0.05, 0.1) is 21.2 Å². The molecular formula is C26H21ClN2O4S. The summed E-state index contributed by atoms with van der Waals surface area (Å²) in [6, 6.07) is 19.6. The number of aromatic carboxylic acids is 1. The normalized spacial score (nSPS) is 15.9. The first-order chi connectivity index (χ1) is 16.3. The summed E-state index contributed by atoms with van der Waals surface area (Å²) in [5.74, 6) is -0.612. The van der Waals surface area contributed by atoms with E-state index < -0.39 is 5.97 Å². The molecule has 34 heavy (non-hydrogen) atoms. The highest BCUT2D eigenvalue weighted by atomic mass is 35.5. The molecule has 8 heteroatoms. The standard InChI is InChI=1S/C26H21ClN2O4S/c1-16-4-3-5-18(12-16)15-33-22-11-6-17(13-21(22)27)14-23-24(30)29(2)26(34-23)28-20-9-7-19(8-10-20)25(31)32/h3-14H,15H2,1-2H3,(H,31,32)/b23-14-,28-26?. The maximum absolute atomic E-state index is 12.7. The molecule has 0 aliphatic carbocycles. The molecule has 1 fully saturated rings. The first-order valence-electron chi connectivity index (χ1n) is 10.4. The van der Waals surface area contributed by atoms with Crippen molar-refractivity contribution in [2.45, 2.75) is 13.5 Å². The number of hydrogen-bond donors (Lipinski definition) is 1. The predicted molar refractivity (Wildman–Crippen MR) is 136 cm³/mol. The van der Waals surface area contributed by atoms with Crippen molar-refractivity contribution in [1.82, 2.24) is 4.90 Å². The van der Waals surface area contributed by atoms with Crippen LogP contribution >= 0.6 is 23.4 Å². The van der Waals surface area contributed by atoms with E-state index in [1.807, 2.05) is 31.2 Å². The molecule has 172 valence electrons. The van der Waals surface area contributed by atoms with Crippen LogP contribution in [0.2, 0.25) is 5.02 Å². The molecule has 0 unspecified atom stereocenters. The van der Waals surface area contributed by atoms with E-state index in [9.17, 15) is 9.59 Å². The first kappa shape index (κ1) is 23.6. The van der Waals surface area contributed by atoms with Crippen molar-refractivity contribution in [3.63, 3.8) is 0 Å². The number of benzene rings is 3. The molecule has 0 aromatic heterocycles. The molecule has 1 amide bonds. The van der Waals surface area contributed by atoms with E-state index in [4.69, 9.17) is 21.4 Å². The second-order valence-electron chi connectivity index (χ2n) is 7.69. The number of carboxylic acid groups (broad SMARTS) is 1. The minimum atomic E-state index is -1.00. The monoisotopic (exact) mass is 492 g/mol. The smallest absolute Gasteiger partial charge is 0.335 e. The topological polar surface area (TPSA) is 79.2 Å². The van der Waals surface area contributed by atoms with E-state index in [1.165, 1.54) is 28.8 Å². The van der Waals surface area contributed by atoms with Crippen molar-refractivity contribution < 1.29 is 19.4 Å². The fraction of sp³-hybridized carbons (Fsp3) is 0.115. The molecule has 0 atom stereocenters. The molecule has 3 aromatic carbocycles. The number of amidine groups is 1. The zero-order valence-corrected chi connectivity index (χ0v) is 20.1. The highest BCUT2D eigenvalue weighted by Crippen LogP contribution is 2.34.